The zero-order chi connectivity index (χ0) is 9.31. The third-order valence-electron chi connectivity index (χ3n) is 2.82. The van der Waals surface area contributed by atoms with Crippen molar-refractivity contribution in [2.24, 2.45) is 5.92 Å². The summed E-state index contributed by atoms with van der Waals surface area (Å²) in [7, 11) is 0. The van der Waals surface area contributed by atoms with Crippen LogP contribution >= 0.6 is 0 Å². The smallest absolute Gasteiger partial charge is 0.0842 e. The molecular weight excluding hydrogens is 160 g/mol. The second kappa shape index (κ2) is 2.85. The molecule has 1 heterocycles. The van der Waals surface area contributed by atoms with Gasteiger partial charge in [-0.3, -0.25) is 4.98 Å². The SMILES string of the molecule is CC1CC(C#N)(c2cccnc2)C1. The van der Waals surface area contributed by atoms with Crippen LogP contribution in [0.4, 0.5) is 0 Å². The van der Waals surface area contributed by atoms with Gasteiger partial charge in [-0.15, -0.1) is 0 Å². The van der Waals surface area contributed by atoms with E-state index >= 15 is 0 Å². The molecule has 66 valence electrons. The predicted octanol–water partition coefficient (Wildman–Crippen LogP) is 2.27. The molecule has 0 radical (unpaired) electrons. The number of hydrogen-bond acceptors (Lipinski definition) is 2. The predicted molar refractivity (Wildman–Crippen MR) is 49.9 cm³/mol. The van der Waals surface area contributed by atoms with Gasteiger partial charge in [0.2, 0.25) is 0 Å². The molecule has 0 aliphatic heterocycles. The minimum atomic E-state index is -0.228. The van der Waals surface area contributed by atoms with E-state index < -0.39 is 0 Å². The Hall–Kier alpha value is -1.36. The summed E-state index contributed by atoms with van der Waals surface area (Å²) >= 11 is 0. The highest BCUT2D eigenvalue weighted by atomic mass is 14.6. The summed E-state index contributed by atoms with van der Waals surface area (Å²) < 4.78 is 0. The molecule has 0 aromatic carbocycles. The van der Waals surface area contributed by atoms with Gasteiger partial charge in [-0.1, -0.05) is 13.0 Å². The average Bonchev–Trinajstić information content (AvgIpc) is 2.14. The summed E-state index contributed by atoms with van der Waals surface area (Å²) in [4.78, 5) is 4.05. The van der Waals surface area contributed by atoms with Gasteiger partial charge in [0.25, 0.3) is 0 Å². The van der Waals surface area contributed by atoms with Crippen molar-refractivity contribution in [3.05, 3.63) is 30.1 Å². The van der Waals surface area contributed by atoms with E-state index in [1.54, 1.807) is 6.20 Å². The van der Waals surface area contributed by atoms with Gasteiger partial charge in [-0.05, 0) is 30.4 Å². The first-order valence-electron chi connectivity index (χ1n) is 4.58. The topological polar surface area (TPSA) is 36.7 Å². The second-order valence-electron chi connectivity index (χ2n) is 3.95. The molecule has 0 amide bonds. The lowest BCUT2D eigenvalue weighted by molar-refractivity contribution is 0.216. The van der Waals surface area contributed by atoms with Gasteiger partial charge in [-0.2, -0.15) is 5.26 Å². The molecule has 1 aromatic heterocycles. The minimum absolute atomic E-state index is 0.228. The van der Waals surface area contributed by atoms with E-state index in [2.05, 4.69) is 18.0 Å². The van der Waals surface area contributed by atoms with Crippen molar-refractivity contribution in [3.63, 3.8) is 0 Å². The highest BCUT2D eigenvalue weighted by molar-refractivity contribution is 5.33. The molecule has 1 aromatic rings. The summed E-state index contributed by atoms with van der Waals surface area (Å²) in [5.41, 5.74) is 0.851. The molecule has 2 rings (SSSR count). The monoisotopic (exact) mass is 172 g/mol. The fraction of sp³-hybridized carbons (Fsp3) is 0.455. The van der Waals surface area contributed by atoms with Crippen molar-refractivity contribution in [1.82, 2.24) is 4.98 Å². The molecule has 2 nitrogen and oxygen atoms in total. The van der Waals surface area contributed by atoms with Crippen LogP contribution < -0.4 is 0 Å². The van der Waals surface area contributed by atoms with Crippen molar-refractivity contribution < 1.29 is 0 Å². The Morgan fingerprint density at radius 1 is 1.62 bits per heavy atom. The summed E-state index contributed by atoms with van der Waals surface area (Å²) in [6.45, 7) is 2.19. The highest BCUT2D eigenvalue weighted by Gasteiger charge is 2.43. The Balaban J connectivity index is 2.31. The normalized spacial score (nSPS) is 31.8. The molecule has 0 saturated heterocycles. The quantitative estimate of drug-likeness (QED) is 0.651. The van der Waals surface area contributed by atoms with Crippen LogP contribution in [-0.2, 0) is 5.41 Å². The number of hydrogen-bond donors (Lipinski definition) is 0. The Kier molecular flexibility index (Phi) is 1.81. The molecule has 1 fully saturated rings. The first kappa shape index (κ1) is 8.25. The Morgan fingerprint density at radius 2 is 2.38 bits per heavy atom. The van der Waals surface area contributed by atoms with E-state index in [1.807, 2.05) is 18.3 Å². The van der Waals surface area contributed by atoms with E-state index in [9.17, 15) is 0 Å². The molecule has 1 aliphatic rings. The van der Waals surface area contributed by atoms with Crippen molar-refractivity contribution in [2.45, 2.75) is 25.2 Å². The molecule has 0 N–H and O–H groups in total. The maximum atomic E-state index is 9.13. The second-order valence-corrected chi connectivity index (χ2v) is 3.95. The molecule has 0 bridgehead atoms. The van der Waals surface area contributed by atoms with Crippen molar-refractivity contribution in [2.75, 3.05) is 0 Å². The zero-order valence-electron chi connectivity index (χ0n) is 7.70. The lowest BCUT2D eigenvalue weighted by Gasteiger charge is -2.41. The molecule has 0 atom stereocenters. The average molecular weight is 172 g/mol. The number of nitriles is 1. The maximum absolute atomic E-state index is 9.13. The first-order valence-corrected chi connectivity index (χ1v) is 4.58. The van der Waals surface area contributed by atoms with Gasteiger partial charge >= 0.3 is 0 Å². The van der Waals surface area contributed by atoms with Gasteiger partial charge in [0, 0.05) is 12.4 Å². The molecule has 0 unspecified atom stereocenters. The van der Waals surface area contributed by atoms with Gasteiger partial charge in [0.1, 0.15) is 0 Å². The third-order valence-corrected chi connectivity index (χ3v) is 2.82. The minimum Gasteiger partial charge on any atom is -0.264 e. The van der Waals surface area contributed by atoms with Crippen LogP contribution in [0.1, 0.15) is 25.3 Å². The summed E-state index contributed by atoms with van der Waals surface area (Å²) in [5.74, 6) is 0.680. The molecule has 13 heavy (non-hydrogen) atoms. The van der Waals surface area contributed by atoms with Crippen LogP contribution in [0, 0.1) is 17.2 Å². The van der Waals surface area contributed by atoms with Gasteiger partial charge in [0.05, 0.1) is 11.5 Å². The molecule has 1 aliphatic carbocycles. The standard InChI is InChI=1S/C11H12N2/c1-9-5-11(6-9,8-12)10-3-2-4-13-7-10/h2-4,7,9H,5-6H2,1H3. The van der Waals surface area contributed by atoms with Crippen LogP contribution in [0.3, 0.4) is 0 Å². The fourth-order valence-electron chi connectivity index (χ4n) is 2.17. The molecule has 1 saturated carbocycles. The molecule has 2 heteroatoms. The van der Waals surface area contributed by atoms with Crippen molar-refractivity contribution in [1.29, 1.82) is 5.26 Å². The van der Waals surface area contributed by atoms with Crippen LogP contribution in [0.25, 0.3) is 0 Å². The van der Waals surface area contributed by atoms with Crippen molar-refractivity contribution >= 4 is 0 Å². The largest absolute Gasteiger partial charge is 0.264 e. The van der Waals surface area contributed by atoms with E-state index in [0.717, 1.165) is 18.4 Å². The molecular formula is C11H12N2. The van der Waals surface area contributed by atoms with Crippen LogP contribution in [-0.4, -0.2) is 4.98 Å². The van der Waals surface area contributed by atoms with Gasteiger partial charge in [0.15, 0.2) is 0 Å². The Bertz CT molecular complexity index is 331. The van der Waals surface area contributed by atoms with Crippen LogP contribution in [0.15, 0.2) is 24.5 Å². The van der Waals surface area contributed by atoms with Gasteiger partial charge < -0.3 is 0 Å². The fourth-order valence-corrected chi connectivity index (χ4v) is 2.17. The third kappa shape index (κ3) is 1.21. The summed E-state index contributed by atoms with van der Waals surface area (Å²) in [6, 6.07) is 6.32. The Labute approximate surface area is 78.2 Å². The van der Waals surface area contributed by atoms with E-state index in [4.69, 9.17) is 5.26 Å². The number of pyridine rings is 1. The first-order chi connectivity index (χ1) is 6.27. The maximum Gasteiger partial charge on any atom is 0.0842 e. The Morgan fingerprint density at radius 3 is 2.85 bits per heavy atom. The summed E-state index contributed by atoms with van der Waals surface area (Å²) in [5, 5.41) is 9.13. The highest BCUT2D eigenvalue weighted by Crippen LogP contribution is 2.46. The number of rotatable bonds is 1. The zero-order valence-corrected chi connectivity index (χ0v) is 7.70. The summed E-state index contributed by atoms with van der Waals surface area (Å²) in [6.07, 6.45) is 5.52. The van der Waals surface area contributed by atoms with Crippen LogP contribution in [0.5, 0.6) is 0 Å². The van der Waals surface area contributed by atoms with Crippen LogP contribution in [0.2, 0.25) is 0 Å². The number of aromatic nitrogens is 1. The van der Waals surface area contributed by atoms with E-state index in [1.165, 1.54) is 0 Å². The van der Waals surface area contributed by atoms with E-state index in [0.29, 0.717) is 5.92 Å². The lowest BCUT2D eigenvalue weighted by Crippen LogP contribution is -2.38. The molecule has 0 spiro atoms. The van der Waals surface area contributed by atoms with Crippen molar-refractivity contribution in [3.8, 4) is 6.07 Å². The van der Waals surface area contributed by atoms with E-state index in [-0.39, 0.29) is 5.41 Å². The number of nitrogens with zero attached hydrogens (tertiary/aromatic N) is 2. The lowest BCUT2D eigenvalue weighted by atomic mass is 9.60. The van der Waals surface area contributed by atoms with Gasteiger partial charge in [-0.25, -0.2) is 0 Å².